The first-order valence-corrected chi connectivity index (χ1v) is 14.2. The zero-order chi connectivity index (χ0) is 27.4. The van der Waals surface area contributed by atoms with Gasteiger partial charge in [-0.1, -0.05) is 42.3 Å². The van der Waals surface area contributed by atoms with Crippen LogP contribution in [-0.2, 0) is 26.2 Å². The molecule has 0 radical (unpaired) electrons. The molecule has 198 valence electrons. The monoisotopic (exact) mass is 555 g/mol. The highest BCUT2D eigenvalue weighted by atomic mass is 35.5. The van der Waals surface area contributed by atoms with Crippen molar-refractivity contribution in [2.24, 2.45) is 0 Å². The summed E-state index contributed by atoms with van der Waals surface area (Å²) in [7, 11) is -3.80. The van der Waals surface area contributed by atoms with E-state index in [2.05, 4.69) is 5.32 Å². The van der Waals surface area contributed by atoms with E-state index in [1.54, 1.807) is 37.3 Å². The number of rotatable bonds is 9. The molecule has 0 aromatic heterocycles. The maximum absolute atomic E-state index is 13.7. The minimum atomic E-state index is -3.80. The molecule has 0 fully saturated rings. The predicted octanol–water partition coefficient (Wildman–Crippen LogP) is 5.10. The van der Waals surface area contributed by atoms with E-state index in [-0.39, 0.29) is 12.5 Å². The number of carbonyl (C=O) groups excluding carboxylic acids is 2. The number of benzene rings is 2. The largest absolute Gasteiger partial charge is 0.350 e. The number of nitrogens with zero attached hydrogens (tertiary/aromatic N) is 2. The Labute approximate surface area is 224 Å². The van der Waals surface area contributed by atoms with Crippen molar-refractivity contribution < 1.29 is 18.0 Å². The maximum atomic E-state index is 13.7. The summed E-state index contributed by atoms with van der Waals surface area (Å²) in [5, 5.41) is 3.71. The summed E-state index contributed by atoms with van der Waals surface area (Å²) in [6.07, 6.45) is 1.38. The van der Waals surface area contributed by atoms with Gasteiger partial charge in [-0.05, 0) is 82.0 Å². The standard InChI is InChI=1S/C26H35Cl2N3O4S/c1-8-23(25(33)29-26(4,5)6)30(15-19-10-11-20(27)14-22(19)28)24(32)16-31(36(7,34)35)21-12-9-17(2)18(3)13-21/h9-14,23H,8,15-16H2,1-7H3,(H,29,33). The molecule has 7 nitrogen and oxygen atoms in total. The van der Waals surface area contributed by atoms with Gasteiger partial charge in [0.2, 0.25) is 21.8 Å². The molecule has 1 unspecified atom stereocenters. The van der Waals surface area contributed by atoms with Gasteiger partial charge in [0.25, 0.3) is 0 Å². The minimum absolute atomic E-state index is 0.00936. The van der Waals surface area contributed by atoms with Gasteiger partial charge in [0, 0.05) is 22.1 Å². The summed E-state index contributed by atoms with van der Waals surface area (Å²) in [6, 6.07) is 9.27. The number of nitrogens with one attached hydrogen (secondary N) is 1. The molecule has 2 rings (SSSR count). The van der Waals surface area contributed by atoms with Crippen LogP contribution in [0.15, 0.2) is 36.4 Å². The topological polar surface area (TPSA) is 86.8 Å². The summed E-state index contributed by atoms with van der Waals surface area (Å²) < 4.78 is 26.5. The molecule has 1 N–H and O–H groups in total. The summed E-state index contributed by atoms with van der Waals surface area (Å²) >= 11 is 12.4. The molecule has 0 bridgehead atoms. The van der Waals surface area contributed by atoms with Gasteiger partial charge < -0.3 is 10.2 Å². The molecule has 2 aromatic carbocycles. The molecule has 2 aromatic rings. The van der Waals surface area contributed by atoms with E-state index in [0.29, 0.717) is 27.7 Å². The van der Waals surface area contributed by atoms with Gasteiger partial charge in [-0.3, -0.25) is 13.9 Å². The van der Waals surface area contributed by atoms with Crippen LogP contribution in [0.25, 0.3) is 0 Å². The van der Waals surface area contributed by atoms with Gasteiger partial charge in [0.15, 0.2) is 0 Å². The van der Waals surface area contributed by atoms with E-state index in [1.165, 1.54) is 4.90 Å². The van der Waals surface area contributed by atoms with Gasteiger partial charge in [0.05, 0.1) is 11.9 Å². The summed E-state index contributed by atoms with van der Waals surface area (Å²) in [5.74, 6) is -0.860. The number of halogens is 2. The fourth-order valence-electron chi connectivity index (χ4n) is 3.70. The SMILES string of the molecule is CCC(C(=O)NC(C)(C)C)N(Cc1ccc(Cl)cc1Cl)C(=O)CN(c1ccc(C)c(C)c1)S(C)(=O)=O. The van der Waals surface area contributed by atoms with Crippen LogP contribution in [0.5, 0.6) is 0 Å². The molecule has 0 heterocycles. The van der Waals surface area contributed by atoms with E-state index >= 15 is 0 Å². The van der Waals surface area contributed by atoms with Crippen LogP contribution < -0.4 is 9.62 Å². The zero-order valence-corrected chi connectivity index (χ0v) is 24.2. The van der Waals surface area contributed by atoms with E-state index in [1.807, 2.05) is 40.7 Å². The molecule has 36 heavy (non-hydrogen) atoms. The van der Waals surface area contributed by atoms with Crippen molar-refractivity contribution in [1.82, 2.24) is 10.2 Å². The third-order valence-electron chi connectivity index (χ3n) is 5.70. The van der Waals surface area contributed by atoms with Gasteiger partial charge in [0.1, 0.15) is 12.6 Å². The average Bonchev–Trinajstić information content (AvgIpc) is 2.73. The summed E-state index contributed by atoms with van der Waals surface area (Å²) in [4.78, 5) is 28.3. The molecule has 0 aliphatic heterocycles. The molecule has 0 aliphatic rings. The number of amides is 2. The molecule has 0 aliphatic carbocycles. The molecule has 10 heteroatoms. The van der Waals surface area contributed by atoms with Crippen LogP contribution >= 0.6 is 23.2 Å². The zero-order valence-electron chi connectivity index (χ0n) is 21.9. The Morgan fingerprint density at radius 2 is 1.67 bits per heavy atom. The fraction of sp³-hybridized carbons (Fsp3) is 0.462. The lowest BCUT2D eigenvalue weighted by atomic mass is 10.1. The van der Waals surface area contributed by atoms with E-state index in [4.69, 9.17) is 23.2 Å². The first kappa shape index (κ1) is 29.9. The van der Waals surface area contributed by atoms with Crippen LogP contribution in [0, 0.1) is 13.8 Å². The van der Waals surface area contributed by atoms with Crippen LogP contribution in [0.4, 0.5) is 5.69 Å². The first-order chi connectivity index (χ1) is 16.5. The van der Waals surface area contributed by atoms with Gasteiger partial charge in [-0.25, -0.2) is 8.42 Å². The van der Waals surface area contributed by atoms with Gasteiger partial charge in [-0.15, -0.1) is 0 Å². The Morgan fingerprint density at radius 1 is 1.03 bits per heavy atom. The highest BCUT2D eigenvalue weighted by Gasteiger charge is 2.33. The Balaban J connectivity index is 2.52. The van der Waals surface area contributed by atoms with Crippen molar-refractivity contribution >= 4 is 50.7 Å². The smallest absolute Gasteiger partial charge is 0.244 e. The lowest BCUT2D eigenvalue weighted by Gasteiger charge is -2.34. The minimum Gasteiger partial charge on any atom is -0.350 e. The fourth-order valence-corrected chi connectivity index (χ4v) is 5.01. The van der Waals surface area contributed by atoms with Crippen molar-refractivity contribution in [3.05, 3.63) is 63.1 Å². The lowest BCUT2D eigenvalue weighted by molar-refractivity contribution is -0.141. The molecule has 2 amide bonds. The molecular formula is C26H35Cl2N3O4S. The second kappa shape index (κ2) is 11.8. The van der Waals surface area contributed by atoms with E-state index in [0.717, 1.165) is 21.7 Å². The van der Waals surface area contributed by atoms with Crippen LogP contribution in [0.3, 0.4) is 0 Å². The van der Waals surface area contributed by atoms with Crippen LogP contribution in [-0.4, -0.2) is 49.5 Å². The van der Waals surface area contributed by atoms with Crippen LogP contribution in [0.1, 0.15) is 50.8 Å². The lowest BCUT2D eigenvalue weighted by Crippen LogP contribution is -2.55. The number of sulfonamides is 1. The quantitative estimate of drug-likeness (QED) is 0.466. The van der Waals surface area contributed by atoms with E-state index < -0.39 is 34.1 Å². The molecular weight excluding hydrogens is 521 g/mol. The second-order valence-electron chi connectivity index (χ2n) is 9.96. The van der Waals surface area contributed by atoms with Crippen molar-refractivity contribution in [3.8, 4) is 0 Å². The highest BCUT2D eigenvalue weighted by molar-refractivity contribution is 7.92. The molecule has 1 atom stereocenters. The van der Waals surface area contributed by atoms with Gasteiger partial charge in [-0.2, -0.15) is 0 Å². The third-order valence-corrected chi connectivity index (χ3v) is 7.43. The highest BCUT2D eigenvalue weighted by Crippen LogP contribution is 2.26. The Kier molecular flexibility index (Phi) is 9.84. The number of hydrogen-bond acceptors (Lipinski definition) is 4. The number of hydrogen-bond donors (Lipinski definition) is 1. The summed E-state index contributed by atoms with van der Waals surface area (Å²) in [6.45, 7) is 10.7. The second-order valence-corrected chi connectivity index (χ2v) is 12.7. The van der Waals surface area contributed by atoms with Gasteiger partial charge >= 0.3 is 0 Å². The number of aryl methyl sites for hydroxylation is 2. The van der Waals surface area contributed by atoms with Crippen molar-refractivity contribution in [1.29, 1.82) is 0 Å². The maximum Gasteiger partial charge on any atom is 0.244 e. The first-order valence-electron chi connectivity index (χ1n) is 11.6. The van der Waals surface area contributed by atoms with Crippen molar-refractivity contribution in [3.63, 3.8) is 0 Å². The van der Waals surface area contributed by atoms with E-state index in [9.17, 15) is 18.0 Å². The third kappa shape index (κ3) is 8.11. The predicted molar refractivity (Wildman–Crippen MR) is 147 cm³/mol. The molecule has 0 saturated carbocycles. The van der Waals surface area contributed by atoms with Crippen molar-refractivity contribution in [2.45, 2.75) is 66.1 Å². The Hall–Kier alpha value is -2.29. The average molecular weight is 557 g/mol. The van der Waals surface area contributed by atoms with Crippen molar-refractivity contribution in [2.75, 3.05) is 17.1 Å². The Morgan fingerprint density at radius 3 is 2.17 bits per heavy atom. The Bertz CT molecular complexity index is 1230. The van der Waals surface area contributed by atoms with Crippen LogP contribution in [0.2, 0.25) is 10.0 Å². The summed E-state index contributed by atoms with van der Waals surface area (Å²) in [5.41, 5.74) is 2.35. The number of carbonyl (C=O) groups is 2. The molecule has 0 spiro atoms. The number of anilines is 1. The normalized spacial score (nSPS) is 12.7. The molecule has 0 saturated heterocycles.